The zero-order valence-electron chi connectivity index (χ0n) is 11.7. The second-order valence-electron chi connectivity index (χ2n) is 4.84. The molecule has 0 amide bonds. The van der Waals surface area contributed by atoms with Gasteiger partial charge in [0.1, 0.15) is 0 Å². The van der Waals surface area contributed by atoms with Gasteiger partial charge in [-0.2, -0.15) is 0 Å². The van der Waals surface area contributed by atoms with Crippen molar-refractivity contribution in [3.8, 4) is 0 Å². The molecule has 0 spiro atoms. The Hall–Kier alpha value is -0.830. The minimum absolute atomic E-state index is 0.573. The van der Waals surface area contributed by atoms with Crippen LogP contribution in [0.3, 0.4) is 0 Å². The first-order valence-electron chi connectivity index (χ1n) is 6.81. The Morgan fingerprint density at radius 3 is 2.22 bits per heavy atom. The average Bonchev–Trinajstić information content (AvgIpc) is 2.33. The van der Waals surface area contributed by atoms with E-state index in [2.05, 4.69) is 6.92 Å². The van der Waals surface area contributed by atoms with Crippen molar-refractivity contribution in [3.63, 3.8) is 0 Å². The third kappa shape index (κ3) is 4.13. The molecule has 0 aliphatic carbocycles. The fraction of sp³-hybridized carbons (Fsp3) is 0.600. The van der Waals surface area contributed by atoms with Crippen LogP contribution in [-0.4, -0.2) is 14.7 Å². The lowest BCUT2D eigenvalue weighted by Gasteiger charge is -2.12. The summed E-state index contributed by atoms with van der Waals surface area (Å²) in [4.78, 5) is 0.573. The van der Waals surface area contributed by atoms with Gasteiger partial charge in [0.25, 0.3) is 0 Å². The summed E-state index contributed by atoms with van der Waals surface area (Å²) in [6.07, 6.45) is 7.63. The first kappa shape index (κ1) is 15.2. The van der Waals surface area contributed by atoms with E-state index in [9.17, 15) is 8.42 Å². The molecule has 0 N–H and O–H groups in total. The van der Waals surface area contributed by atoms with E-state index >= 15 is 0 Å². The maximum absolute atomic E-state index is 11.9. The highest BCUT2D eigenvalue weighted by atomic mass is 32.2. The van der Waals surface area contributed by atoms with E-state index in [1.165, 1.54) is 25.5 Å². The molecule has 102 valence electrons. The quantitative estimate of drug-likeness (QED) is 0.705. The highest BCUT2D eigenvalue weighted by Crippen LogP contribution is 2.23. The van der Waals surface area contributed by atoms with Crippen LogP contribution in [0, 0.1) is 0 Å². The van der Waals surface area contributed by atoms with Gasteiger partial charge in [0.2, 0.25) is 0 Å². The van der Waals surface area contributed by atoms with Crippen LogP contribution in [0.4, 0.5) is 0 Å². The Kier molecular flexibility index (Phi) is 5.86. The van der Waals surface area contributed by atoms with Crippen molar-refractivity contribution < 1.29 is 8.42 Å². The van der Waals surface area contributed by atoms with Crippen LogP contribution in [0.1, 0.15) is 50.7 Å². The van der Waals surface area contributed by atoms with Crippen molar-refractivity contribution in [2.75, 3.05) is 6.26 Å². The van der Waals surface area contributed by atoms with Crippen molar-refractivity contribution >= 4 is 9.84 Å². The number of unbranched alkanes of at least 4 members (excludes halogenated alkanes) is 3. The third-order valence-corrected chi connectivity index (χ3v) is 4.50. The maximum atomic E-state index is 11.9. The van der Waals surface area contributed by atoms with Gasteiger partial charge in [0, 0.05) is 6.26 Å². The molecular weight excluding hydrogens is 244 g/mol. The van der Waals surface area contributed by atoms with E-state index in [0.29, 0.717) is 4.90 Å². The van der Waals surface area contributed by atoms with E-state index in [-0.39, 0.29) is 0 Å². The molecule has 0 aromatic heterocycles. The molecule has 1 aromatic rings. The Morgan fingerprint density at radius 2 is 1.67 bits per heavy atom. The van der Waals surface area contributed by atoms with Gasteiger partial charge in [-0.25, -0.2) is 8.42 Å². The number of aryl methyl sites for hydroxylation is 2. The Balaban J connectivity index is 2.97. The number of rotatable bonds is 7. The zero-order chi connectivity index (χ0) is 13.6. The molecule has 0 fully saturated rings. The molecule has 2 nitrogen and oxygen atoms in total. The topological polar surface area (TPSA) is 34.1 Å². The monoisotopic (exact) mass is 268 g/mol. The summed E-state index contributed by atoms with van der Waals surface area (Å²) in [5.74, 6) is 0. The number of hydrogen-bond donors (Lipinski definition) is 0. The molecule has 0 aliphatic heterocycles. The lowest BCUT2D eigenvalue weighted by atomic mass is 10.0. The average molecular weight is 268 g/mol. The molecule has 1 rings (SSSR count). The van der Waals surface area contributed by atoms with Gasteiger partial charge in [-0.3, -0.25) is 0 Å². The van der Waals surface area contributed by atoms with Gasteiger partial charge < -0.3 is 0 Å². The largest absolute Gasteiger partial charge is 0.224 e. The minimum Gasteiger partial charge on any atom is -0.224 e. The van der Waals surface area contributed by atoms with E-state index in [0.717, 1.165) is 30.4 Å². The van der Waals surface area contributed by atoms with Crippen molar-refractivity contribution in [1.82, 2.24) is 0 Å². The molecule has 3 heteroatoms. The van der Waals surface area contributed by atoms with Crippen LogP contribution in [-0.2, 0) is 22.7 Å². The molecule has 0 heterocycles. The molecule has 0 bridgehead atoms. The van der Waals surface area contributed by atoms with Gasteiger partial charge >= 0.3 is 0 Å². The summed E-state index contributed by atoms with van der Waals surface area (Å²) in [7, 11) is -3.12. The van der Waals surface area contributed by atoms with Gasteiger partial charge in [0.05, 0.1) is 4.90 Å². The summed E-state index contributed by atoms with van der Waals surface area (Å²) in [5, 5.41) is 0. The molecule has 0 aliphatic rings. The molecular formula is C15H24O2S. The standard InChI is InChI=1S/C15H24O2S/c1-4-6-7-8-10-14-12-9-11-13(5-2)15(14)18(3,16)17/h9,11-12H,4-8,10H2,1-3H3. The molecule has 0 unspecified atom stereocenters. The first-order valence-corrected chi connectivity index (χ1v) is 8.70. The fourth-order valence-electron chi connectivity index (χ4n) is 2.33. The van der Waals surface area contributed by atoms with Crippen molar-refractivity contribution in [1.29, 1.82) is 0 Å². The summed E-state index contributed by atoms with van der Waals surface area (Å²) in [5.41, 5.74) is 1.94. The molecule has 0 radical (unpaired) electrons. The highest BCUT2D eigenvalue weighted by molar-refractivity contribution is 7.90. The Morgan fingerprint density at radius 1 is 1.00 bits per heavy atom. The Bertz CT molecular complexity index is 475. The lowest BCUT2D eigenvalue weighted by Crippen LogP contribution is -2.06. The zero-order valence-corrected chi connectivity index (χ0v) is 12.5. The summed E-state index contributed by atoms with van der Waals surface area (Å²) >= 11 is 0. The van der Waals surface area contributed by atoms with Crippen LogP contribution in [0.15, 0.2) is 23.1 Å². The lowest BCUT2D eigenvalue weighted by molar-refractivity contribution is 0.598. The predicted molar refractivity (Wildman–Crippen MR) is 76.8 cm³/mol. The van der Waals surface area contributed by atoms with Gasteiger partial charge in [-0.1, -0.05) is 51.3 Å². The minimum atomic E-state index is -3.12. The van der Waals surface area contributed by atoms with Crippen molar-refractivity contribution in [2.24, 2.45) is 0 Å². The SMILES string of the molecule is CCCCCCc1cccc(CC)c1S(C)(=O)=O. The second-order valence-corrected chi connectivity index (χ2v) is 6.79. The number of hydrogen-bond acceptors (Lipinski definition) is 2. The summed E-state index contributed by atoms with van der Waals surface area (Å²) < 4.78 is 23.8. The van der Waals surface area contributed by atoms with Gasteiger partial charge in [-0.05, 0) is 30.4 Å². The Labute approximate surface area is 111 Å². The number of sulfone groups is 1. The van der Waals surface area contributed by atoms with E-state index < -0.39 is 9.84 Å². The third-order valence-electron chi connectivity index (χ3n) is 3.23. The van der Waals surface area contributed by atoms with Gasteiger partial charge in [-0.15, -0.1) is 0 Å². The van der Waals surface area contributed by atoms with Crippen LogP contribution < -0.4 is 0 Å². The summed E-state index contributed by atoms with van der Waals surface area (Å²) in [6, 6.07) is 5.86. The van der Waals surface area contributed by atoms with E-state index in [4.69, 9.17) is 0 Å². The van der Waals surface area contributed by atoms with Crippen LogP contribution >= 0.6 is 0 Å². The molecule has 18 heavy (non-hydrogen) atoms. The predicted octanol–water partition coefficient (Wildman–Crippen LogP) is 3.78. The van der Waals surface area contributed by atoms with E-state index in [1.54, 1.807) is 0 Å². The van der Waals surface area contributed by atoms with Crippen LogP contribution in [0.5, 0.6) is 0 Å². The summed E-state index contributed by atoms with van der Waals surface area (Å²) in [6.45, 7) is 4.19. The highest BCUT2D eigenvalue weighted by Gasteiger charge is 2.16. The normalized spacial score (nSPS) is 11.7. The van der Waals surface area contributed by atoms with Crippen LogP contribution in [0.2, 0.25) is 0 Å². The van der Waals surface area contributed by atoms with Crippen molar-refractivity contribution in [3.05, 3.63) is 29.3 Å². The number of benzene rings is 1. The maximum Gasteiger partial charge on any atom is 0.176 e. The molecule has 1 aromatic carbocycles. The molecule has 0 saturated heterocycles. The molecule has 0 saturated carbocycles. The molecule has 0 atom stereocenters. The van der Waals surface area contributed by atoms with Crippen LogP contribution in [0.25, 0.3) is 0 Å². The van der Waals surface area contributed by atoms with Crippen molar-refractivity contribution in [2.45, 2.75) is 57.3 Å². The first-order chi connectivity index (χ1) is 8.50. The smallest absolute Gasteiger partial charge is 0.176 e. The second kappa shape index (κ2) is 6.93. The van der Waals surface area contributed by atoms with E-state index in [1.807, 2.05) is 25.1 Å². The fourth-order valence-corrected chi connectivity index (χ4v) is 3.67. The van der Waals surface area contributed by atoms with Gasteiger partial charge in [0.15, 0.2) is 9.84 Å².